The van der Waals surface area contributed by atoms with Crippen molar-refractivity contribution in [3.8, 4) is 0 Å². The van der Waals surface area contributed by atoms with Crippen molar-refractivity contribution in [2.75, 3.05) is 0 Å². The molecule has 0 aromatic carbocycles. The quantitative estimate of drug-likeness (QED) is 0.0385. The number of allylic oxidation sites excluding steroid dienone is 4. The Labute approximate surface area is 325 Å². The van der Waals surface area contributed by atoms with Crippen LogP contribution in [0.3, 0.4) is 0 Å². The molecule has 0 aliphatic rings. The lowest BCUT2D eigenvalue weighted by molar-refractivity contribution is -0.148. The number of carboxylic acid groups (broad SMARTS) is 1. The highest BCUT2D eigenvalue weighted by Crippen LogP contribution is 2.17. The van der Waals surface area contributed by atoms with Gasteiger partial charge in [0.25, 0.3) is 0 Å². The van der Waals surface area contributed by atoms with Crippen LogP contribution in [0.4, 0.5) is 0 Å². The highest BCUT2D eigenvalue weighted by molar-refractivity contribution is 5.69. The Balaban J connectivity index is 3.29. The molecule has 0 radical (unpaired) electrons. The number of esters is 1. The number of ether oxygens (including phenoxy) is 1. The van der Waals surface area contributed by atoms with E-state index in [0.29, 0.717) is 12.8 Å². The number of carbonyl (C=O) groups is 2. The van der Waals surface area contributed by atoms with Crippen LogP contribution in [0, 0.1) is 0 Å². The van der Waals surface area contributed by atoms with Crippen molar-refractivity contribution in [2.24, 2.45) is 0 Å². The molecule has 0 heterocycles. The van der Waals surface area contributed by atoms with Crippen molar-refractivity contribution in [3.63, 3.8) is 0 Å². The molecule has 4 nitrogen and oxygen atoms in total. The van der Waals surface area contributed by atoms with E-state index in [1.54, 1.807) is 0 Å². The molecule has 1 N–H and O–H groups in total. The average molecular weight is 731 g/mol. The smallest absolute Gasteiger partial charge is 0.306 e. The van der Waals surface area contributed by atoms with E-state index < -0.39 is 5.97 Å². The Hall–Kier alpha value is -1.58. The first-order valence-electron chi connectivity index (χ1n) is 23.3. The zero-order chi connectivity index (χ0) is 37.8. The van der Waals surface area contributed by atoms with Crippen molar-refractivity contribution in [3.05, 3.63) is 24.3 Å². The molecule has 0 spiro atoms. The van der Waals surface area contributed by atoms with Crippen LogP contribution in [0.1, 0.15) is 264 Å². The Morgan fingerprint density at radius 1 is 0.442 bits per heavy atom. The van der Waals surface area contributed by atoms with Gasteiger partial charge in [0.15, 0.2) is 0 Å². The van der Waals surface area contributed by atoms with Crippen LogP contribution in [0.15, 0.2) is 24.3 Å². The second-order valence-electron chi connectivity index (χ2n) is 16.1. The first kappa shape index (κ1) is 50.4. The van der Waals surface area contributed by atoms with Crippen molar-refractivity contribution >= 4 is 11.9 Å². The molecule has 0 saturated heterocycles. The van der Waals surface area contributed by atoms with Crippen LogP contribution in [0.2, 0.25) is 0 Å². The van der Waals surface area contributed by atoms with Crippen LogP contribution in [0.25, 0.3) is 0 Å². The SMILES string of the molecule is CCCCC/C=C\C/C=C\CCCCCCCCCCCCCC(=O)OC(C)CCCCCCCCCCCCCCCCCCCCCC(=O)O. The van der Waals surface area contributed by atoms with Gasteiger partial charge in [0.2, 0.25) is 0 Å². The maximum atomic E-state index is 12.2. The summed E-state index contributed by atoms with van der Waals surface area (Å²) in [6.07, 6.45) is 57.9. The first-order chi connectivity index (χ1) is 25.6. The third-order valence-corrected chi connectivity index (χ3v) is 10.7. The minimum atomic E-state index is -0.659. The van der Waals surface area contributed by atoms with Gasteiger partial charge >= 0.3 is 11.9 Å². The summed E-state index contributed by atoms with van der Waals surface area (Å²) < 4.78 is 5.68. The fourth-order valence-electron chi connectivity index (χ4n) is 7.20. The van der Waals surface area contributed by atoms with E-state index in [1.807, 2.05) is 0 Å². The largest absolute Gasteiger partial charge is 0.481 e. The van der Waals surface area contributed by atoms with E-state index in [0.717, 1.165) is 38.5 Å². The Morgan fingerprint density at radius 3 is 1.15 bits per heavy atom. The molecule has 4 heteroatoms. The monoisotopic (exact) mass is 731 g/mol. The van der Waals surface area contributed by atoms with Crippen LogP contribution >= 0.6 is 0 Å². The molecule has 0 aliphatic heterocycles. The summed E-state index contributed by atoms with van der Waals surface area (Å²) in [4.78, 5) is 22.7. The van der Waals surface area contributed by atoms with E-state index in [-0.39, 0.29) is 12.1 Å². The molecule has 0 rings (SSSR count). The molecule has 0 fully saturated rings. The van der Waals surface area contributed by atoms with Gasteiger partial charge in [-0.05, 0) is 64.7 Å². The van der Waals surface area contributed by atoms with Crippen LogP contribution < -0.4 is 0 Å². The van der Waals surface area contributed by atoms with Gasteiger partial charge in [0, 0.05) is 12.8 Å². The second-order valence-corrected chi connectivity index (χ2v) is 16.1. The molecule has 0 aromatic rings. The highest BCUT2D eigenvalue weighted by Gasteiger charge is 2.09. The van der Waals surface area contributed by atoms with Crippen LogP contribution in [0.5, 0.6) is 0 Å². The summed E-state index contributed by atoms with van der Waals surface area (Å²) in [7, 11) is 0. The number of carbonyl (C=O) groups excluding carboxylic acids is 1. The van der Waals surface area contributed by atoms with Crippen molar-refractivity contribution in [1.29, 1.82) is 0 Å². The van der Waals surface area contributed by atoms with Gasteiger partial charge in [-0.15, -0.1) is 0 Å². The Bertz CT molecular complexity index is 787. The Kier molecular flexibility index (Phi) is 42.5. The molecule has 0 saturated carbocycles. The van der Waals surface area contributed by atoms with Crippen molar-refractivity contribution < 1.29 is 19.4 Å². The van der Waals surface area contributed by atoms with E-state index in [2.05, 4.69) is 38.2 Å². The van der Waals surface area contributed by atoms with Crippen LogP contribution in [-0.2, 0) is 14.3 Å². The molecule has 306 valence electrons. The predicted molar refractivity (Wildman–Crippen MR) is 227 cm³/mol. The third-order valence-electron chi connectivity index (χ3n) is 10.7. The molecule has 52 heavy (non-hydrogen) atoms. The van der Waals surface area contributed by atoms with Gasteiger partial charge in [-0.2, -0.15) is 0 Å². The molecule has 1 unspecified atom stereocenters. The summed E-state index contributed by atoms with van der Waals surface area (Å²) in [5, 5.41) is 8.66. The summed E-state index contributed by atoms with van der Waals surface area (Å²) >= 11 is 0. The average Bonchev–Trinajstić information content (AvgIpc) is 3.12. The zero-order valence-electron chi connectivity index (χ0n) is 35.1. The summed E-state index contributed by atoms with van der Waals surface area (Å²) in [6, 6.07) is 0. The van der Waals surface area contributed by atoms with Gasteiger partial charge in [0.1, 0.15) is 0 Å². The maximum Gasteiger partial charge on any atom is 0.306 e. The standard InChI is InChI=1S/C48H90O4/c1-3-4-5-6-7-8-9-10-11-12-13-14-18-21-24-27-30-33-36-39-42-45-48(51)52-46(2)43-40-37-34-31-28-25-22-19-16-15-17-20-23-26-29-32-35-38-41-44-47(49)50/h7-8,10-11,46H,3-6,9,12-45H2,1-2H3,(H,49,50)/b8-7-,11-10-. The topological polar surface area (TPSA) is 63.6 Å². The van der Waals surface area contributed by atoms with Gasteiger partial charge < -0.3 is 9.84 Å². The lowest BCUT2D eigenvalue weighted by Gasteiger charge is -2.13. The fraction of sp³-hybridized carbons (Fsp3) is 0.875. The zero-order valence-corrected chi connectivity index (χ0v) is 35.1. The lowest BCUT2D eigenvalue weighted by Crippen LogP contribution is -2.14. The number of hydrogen-bond acceptors (Lipinski definition) is 3. The van der Waals surface area contributed by atoms with Gasteiger partial charge in [-0.1, -0.05) is 211 Å². The lowest BCUT2D eigenvalue weighted by atomic mass is 10.0. The van der Waals surface area contributed by atoms with Gasteiger partial charge in [-0.25, -0.2) is 0 Å². The first-order valence-corrected chi connectivity index (χ1v) is 23.3. The van der Waals surface area contributed by atoms with E-state index in [1.165, 1.54) is 199 Å². The summed E-state index contributed by atoms with van der Waals surface area (Å²) in [5.74, 6) is -0.649. The maximum absolute atomic E-state index is 12.2. The number of unbranched alkanes of at least 4 members (excludes halogenated alkanes) is 32. The summed E-state index contributed by atoms with van der Waals surface area (Å²) in [5.41, 5.74) is 0. The normalized spacial score (nSPS) is 12.3. The summed E-state index contributed by atoms with van der Waals surface area (Å²) in [6.45, 7) is 4.33. The fourth-order valence-corrected chi connectivity index (χ4v) is 7.20. The van der Waals surface area contributed by atoms with Crippen molar-refractivity contribution in [1.82, 2.24) is 0 Å². The van der Waals surface area contributed by atoms with Crippen molar-refractivity contribution in [2.45, 2.75) is 270 Å². The van der Waals surface area contributed by atoms with E-state index in [4.69, 9.17) is 9.84 Å². The minimum Gasteiger partial charge on any atom is -0.481 e. The number of rotatable bonds is 43. The van der Waals surface area contributed by atoms with Gasteiger partial charge in [0.05, 0.1) is 6.10 Å². The molecule has 0 bridgehead atoms. The molecule has 0 amide bonds. The van der Waals surface area contributed by atoms with E-state index in [9.17, 15) is 9.59 Å². The molecule has 1 atom stereocenters. The molecular formula is C48H90O4. The van der Waals surface area contributed by atoms with Crippen LogP contribution in [-0.4, -0.2) is 23.1 Å². The predicted octanol–water partition coefficient (Wildman–Crippen LogP) is 16.3. The molecule has 0 aromatic heterocycles. The van der Waals surface area contributed by atoms with E-state index >= 15 is 0 Å². The molecule has 0 aliphatic carbocycles. The number of carboxylic acids is 1. The van der Waals surface area contributed by atoms with Gasteiger partial charge in [-0.3, -0.25) is 9.59 Å². The second kappa shape index (κ2) is 43.8. The highest BCUT2D eigenvalue weighted by atomic mass is 16.5. The minimum absolute atomic E-state index is 0.0101. The third kappa shape index (κ3) is 44.6. The number of aliphatic carboxylic acids is 1. The Morgan fingerprint density at radius 2 is 0.769 bits per heavy atom. The number of hydrogen-bond donors (Lipinski definition) is 1. The molecular weight excluding hydrogens is 641 g/mol.